The number of carbonyl (C=O) groups is 1. The number of carbonyl (C=O) groups excluding carboxylic acids is 1. The van der Waals surface area contributed by atoms with Crippen LogP contribution in [0.3, 0.4) is 0 Å². The van der Waals surface area contributed by atoms with Gasteiger partial charge < -0.3 is 15.1 Å². The number of urea groups is 1. The molecule has 2 N–H and O–H groups in total. The molecule has 3 rings (SSSR count). The van der Waals surface area contributed by atoms with Crippen LogP contribution in [0.2, 0.25) is 0 Å². The van der Waals surface area contributed by atoms with Crippen LogP contribution < -0.4 is 10.6 Å². The largest absolute Gasteiger partial charge is 0.469 e. The molecule has 1 aliphatic carbocycles. The van der Waals surface area contributed by atoms with Crippen molar-refractivity contribution >= 4 is 15.9 Å². The van der Waals surface area contributed by atoms with Crippen molar-refractivity contribution in [2.75, 3.05) is 12.3 Å². The summed E-state index contributed by atoms with van der Waals surface area (Å²) in [4.78, 5) is 12.3. The summed E-state index contributed by atoms with van der Waals surface area (Å²) in [7, 11) is -3.39. The first kappa shape index (κ1) is 16.6. The Labute approximate surface area is 141 Å². The number of aryl methyl sites for hydroxylation is 1. The molecule has 1 heterocycles. The summed E-state index contributed by atoms with van der Waals surface area (Å²) in [5.74, 6) is 0.782. The summed E-state index contributed by atoms with van der Waals surface area (Å²) in [5.41, 5.74) is 1.01. The number of hydrogen-bond acceptors (Lipinski definition) is 4. The molecule has 0 bridgehead atoms. The van der Waals surface area contributed by atoms with Crippen LogP contribution in [0.4, 0.5) is 4.79 Å². The smallest absolute Gasteiger partial charge is 0.315 e. The van der Waals surface area contributed by atoms with E-state index >= 15 is 0 Å². The predicted molar refractivity (Wildman–Crippen MR) is 89.4 cm³/mol. The van der Waals surface area contributed by atoms with Crippen molar-refractivity contribution in [3.05, 3.63) is 54.0 Å². The van der Waals surface area contributed by atoms with Crippen molar-refractivity contribution in [1.82, 2.24) is 10.6 Å². The van der Waals surface area contributed by atoms with Gasteiger partial charge in [-0.1, -0.05) is 18.2 Å². The molecule has 6 nitrogen and oxygen atoms in total. The first-order valence-electron chi connectivity index (χ1n) is 7.95. The van der Waals surface area contributed by atoms with Crippen LogP contribution in [0.15, 0.2) is 52.0 Å². The molecule has 0 saturated heterocycles. The molecule has 2 aromatic rings. The van der Waals surface area contributed by atoms with Gasteiger partial charge in [0.05, 0.1) is 23.0 Å². The Hall–Kier alpha value is -2.28. The summed E-state index contributed by atoms with van der Waals surface area (Å²) in [5, 5.41) is 5.50. The second-order valence-corrected chi connectivity index (χ2v) is 7.89. The van der Waals surface area contributed by atoms with Crippen LogP contribution in [0.1, 0.15) is 30.2 Å². The third-order valence-electron chi connectivity index (χ3n) is 4.12. The summed E-state index contributed by atoms with van der Waals surface area (Å²) in [6, 6.07) is 9.65. The highest BCUT2D eigenvalue weighted by Gasteiger charge is 2.24. The standard InChI is InChI=1S/C17H20N2O4S/c20-17(19-15-7-4-8-16-14(15)9-11-23-16)18-10-12-24(21,22)13-5-2-1-3-6-13/h1-3,5-6,9,11,15H,4,7-8,10,12H2,(H2,18,19,20). The SMILES string of the molecule is O=C(NCCS(=O)(=O)c1ccccc1)NC1CCCc2occc21. The lowest BCUT2D eigenvalue weighted by Crippen LogP contribution is -2.40. The molecule has 0 spiro atoms. The monoisotopic (exact) mass is 348 g/mol. The van der Waals surface area contributed by atoms with E-state index in [1.807, 2.05) is 6.07 Å². The van der Waals surface area contributed by atoms with Crippen molar-refractivity contribution in [3.63, 3.8) is 0 Å². The van der Waals surface area contributed by atoms with E-state index in [0.29, 0.717) is 0 Å². The van der Waals surface area contributed by atoms with E-state index in [2.05, 4.69) is 10.6 Å². The molecule has 1 aliphatic rings. The molecule has 0 fully saturated rings. The fraction of sp³-hybridized carbons (Fsp3) is 0.353. The average molecular weight is 348 g/mol. The van der Waals surface area contributed by atoms with E-state index in [1.165, 1.54) is 0 Å². The quantitative estimate of drug-likeness (QED) is 0.868. The highest BCUT2D eigenvalue weighted by Crippen LogP contribution is 2.30. The van der Waals surface area contributed by atoms with Crippen molar-refractivity contribution in [2.24, 2.45) is 0 Å². The minimum atomic E-state index is -3.39. The number of nitrogens with one attached hydrogen (secondary N) is 2. The Morgan fingerprint density at radius 1 is 1.21 bits per heavy atom. The van der Waals surface area contributed by atoms with Gasteiger partial charge in [-0.3, -0.25) is 0 Å². The lowest BCUT2D eigenvalue weighted by molar-refractivity contribution is 0.236. The van der Waals surface area contributed by atoms with Gasteiger partial charge in [0, 0.05) is 18.5 Å². The number of fused-ring (bicyclic) bond motifs is 1. The van der Waals surface area contributed by atoms with Crippen LogP contribution in [0, 0.1) is 0 Å². The molecule has 1 unspecified atom stereocenters. The molecule has 7 heteroatoms. The molecule has 2 amide bonds. The maximum absolute atomic E-state index is 12.1. The highest BCUT2D eigenvalue weighted by atomic mass is 32.2. The molecule has 128 valence electrons. The van der Waals surface area contributed by atoms with Crippen LogP contribution >= 0.6 is 0 Å². The normalized spacial score (nSPS) is 17.1. The van der Waals surface area contributed by atoms with Gasteiger partial charge >= 0.3 is 6.03 Å². The minimum absolute atomic E-state index is 0.0635. The third-order valence-corrected chi connectivity index (χ3v) is 5.85. The van der Waals surface area contributed by atoms with Gasteiger partial charge in [0.15, 0.2) is 9.84 Å². The number of sulfone groups is 1. The van der Waals surface area contributed by atoms with Crippen LogP contribution in [-0.2, 0) is 16.3 Å². The molecule has 0 saturated carbocycles. The number of hydrogen-bond donors (Lipinski definition) is 2. The van der Waals surface area contributed by atoms with E-state index in [1.54, 1.807) is 36.6 Å². The fourth-order valence-corrected chi connectivity index (χ4v) is 4.07. The Kier molecular flexibility index (Phi) is 4.89. The molecular formula is C17H20N2O4S. The van der Waals surface area contributed by atoms with Gasteiger partial charge in [-0.05, 0) is 31.0 Å². The summed E-state index contributed by atoms with van der Waals surface area (Å²) >= 11 is 0. The first-order valence-corrected chi connectivity index (χ1v) is 9.60. The molecule has 1 aromatic carbocycles. The second-order valence-electron chi connectivity index (χ2n) is 5.78. The Morgan fingerprint density at radius 2 is 2.00 bits per heavy atom. The maximum atomic E-state index is 12.1. The van der Waals surface area contributed by atoms with Gasteiger partial charge in [-0.25, -0.2) is 13.2 Å². The number of benzene rings is 1. The number of amides is 2. The highest BCUT2D eigenvalue weighted by molar-refractivity contribution is 7.91. The summed E-state index contributed by atoms with van der Waals surface area (Å²) in [6.45, 7) is 0.0635. The van der Waals surface area contributed by atoms with E-state index < -0.39 is 9.84 Å². The summed E-state index contributed by atoms with van der Waals surface area (Å²) in [6.07, 6.45) is 4.32. The van der Waals surface area contributed by atoms with Crippen LogP contribution in [-0.4, -0.2) is 26.7 Å². The molecule has 1 aromatic heterocycles. The lowest BCUT2D eigenvalue weighted by atomic mass is 9.93. The average Bonchev–Trinajstić information content (AvgIpc) is 3.05. The molecule has 0 radical (unpaired) electrons. The Bertz CT molecular complexity index is 799. The Morgan fingerprint density at radius 3 is 2.79 bits per heavy atom. The first-order chi connectivity index (χ1) is 11.6. The predicted octanol–water partition coefficient (Wildman–Crippen LogP) is 2.43. The fourth-order valence-electron chi connectivity index (χ4n) is 2.89. The molecular weight excluding hydrogens is 328 g/mol. The zero-order valence-electron chi connectivity index (χ0n) is 13.2. The zero-order chi connectivity index (χ0) is 17.0. The number of rotatable bonds is 5. The minimum Gasteiger partial charge on any atom is -0.469 e. The topological polar surface area (TPSA) is 88.4 Å². The second kappa shape index (κ2) is 7.09. The lowest BCUT2D eigenvalue weighted by Gasteiger charge is -2.22. The third kappa shape index (κ3) is 3.79. The Balaban J connectivity index is 1.50. The number of furan rings is 1. The van der Waals surface area contributed by atoms with E-state index in [4.69, 9.17) is 4.42 Å². The summed E-state index contributed by atoms with van der Waals surface area (Å²) < 4.78 is 29.7. The van der Waals surface area contributed by atoms with E-state index in [-0.39, 0.29) is 29.3 Å². The van der Waals surface area contributed by atoms with Crippen molar-refractivity contribution < 1.29 is 17.6 Å². The molecule has 24 heavy (non-hydrogen) atoms. The van der Waals surface area contributed by atoms with Crippen LogP contribution in [0.25, 0.3) is 0 Å². The van der Waals surface area contributed by atoms with Gasteiger partial charge in [0.25, 0.3) is 0 Å². The molecule has 0 aliphatic heterocycles. The van der Waals surface area contributed by atoms with Crippen molar-refractivity contribution in [3.8, 4) is 0 Å². The van der Waals surface area contributed by atoms with Crippen molar-refractivity contribution in [2.45, 2.75) is 30.2 Å². The van der Waals surface area contributed by atoms with E-state index in [0.717, 1.165) is 30.6 Å². The van der Waals surface area contributed by atoms with Crippen molar-refractivity contribution in [1.29, 1.82) is 0 Å². The van der Waals surface area contributed by atoms with Gasteiger partial charge in [0.1, 0.15) is 5.76 Å². The van der Waals surface area contributed by atoms with Gasteiger partial charge in [0.2, 0.25) is 0 Å². The van der Waals surface area contributed by atoms with Crippen LogP contribution in [0.5, 0.6) is 0 Å². The zero-order valence-corrected chi connectivity index (χ0v) is 14.0. The van der Waals surface area contributed by atoms with E-state index in [9.17, 15) is 13.2 Å². The van der Waals surface area contributed by atoms with Gasteiger partial charge in [-0.2, -0.15) is 0 Å². The van der Waals surface area contributed by atoms with Gasteiger partial charge in [-0.15, -0.1) is 0 Å². The maximum Gasteiger partial charge on any atom is 0.315 e. The molecule has 1 atom stereocenters.